The Morgan fingerprint density at radius 1 is 1.11 bits per heavy atom. The molecule has 0 bridgehead atoms. The smallest absolute Gasteiger partial charge is 0.0719 e. The maximum absolute atomic E-state index is 5.47. The third kappa shape index (κ3) is 3.40. The van der Waals surface area contributed by atoms with Crippen molar-refractivity contribution in [1.82, 2.24) is 10.3 Å². The number of pyridine rings is 1. The molecule has 1 aliphatic rings. The molecule has 100 valence electrons. The molecule has 3 rings (SSSR count). The van der Waals surface area contributed by atoms with E-state index in [0.29, 0.717) is 0 Å². The highest BCUT2D eigenvalue weighted by Crippen LogP contribution is 2.28. The van der Waals surface area contributed by atoms with Crippen LogP contribution in [0.25, 0.3) is 11.1 Å². The lowest BCUT2D eigenvalue weighted by Gasteiger charge is -2.19. The predicted molar refractivity (Wildman–Crippen MR) is 78.0 cm³/mol. The van der Waals surface area contributed by atoms with Crippen molar-refractivity contribution in [2.24, 2.45) is 0 Å². The Morgan fingerprint density at radius 2 is 1.84 bits per heavy atom. The van der Waals surface area contributed by atoms with Gasteiger partial charge in [0.25, 0.3) is 0 Å². The summed E-state index contributed by atoms with van der Waals surface area (Å²) in [6, 6.07) is 10.6. The number of hydrogen-bond donors (Lipinski definition) is 1. The Kier molecular flexibility index (Phi) is 5.07. The summed E-state index contributed by atoms with van der Waals surface area (Å²) in [7, 11) is 3.75. The molecule has 3 nitrogen and oxygen atoms in total. The highest BCUT2D eigenvalue weighted by atomic mass is 16.5. The van der Waals surface area contributed by atoms with Crippen LogP contribution in [0.2, 0.25) is 0 Å². The highest BCUT2D eigenvalue weighted by Gasteiger charge is 2.13. The molecule has 2 heterocycles. The van der Waals surface area contributed by atoms with Crippen LogP contribution in [0.3, 0.4) is 0 Å². The molecule has 3 heteroatoms. The monoisotopic (exact) mass is 256 g/mol. The Balaban J connectivity index is 0.000000408. The van der Waals surface area contributed by atoms with Crippen molar-refractivity contribution in [1.29, 1.82) is 0 Å². The van der Waals surface area contributed by atoms with Gasteiger partial charge in [-0.25, -0.2) is 0 Å². The highest BCUT2D eigenvalue weighted by molar-refractivity contribution is 5.68. The lowest BCUT2D eigenvalue weighted by Crippen LogP contribution is -2.10. The van der Waals surface area contributed by atoms with E-state index in [0.717, 1.165) is 19.6 Å². The molecule has 1 N–H and O–H groups in total. The Bertz CT molecular complexity index is 511. The minimum Gasteiger partial charge on any atom is -0.376 e. The molecule has 0 spiro atoms. The molecule has 19 heavy (non-hydrogen) atoms. The number of aromatic nitrogens is 1. The van der Waals surface area contributed by atoms with Gasteiger partial charge >= 0.3 is 0 Å². The van der Waals surface area contributed by atoms with E-state index < -0.39 is 0 Å². The summed E-state index contributed by atoms with van der Waals surface area (Å²) in [5, 5.41) is 2.75. The van der Waals surface area contributed by atoms with Crippen LogP contribution in [0.15, 0.2) is 42.7 Å². The van der Waals surface area contributed by atoms with Gasteiger partial charge in [-0.2, -0.15) is 0 Å². The van der Waals surface area contributed by atoms with Crippen molar-refractivity contribution >= 4 is 0 Å². The number of rotatable bonds is 1. The van der Waals surface area contributed by atoms with Gasteiger partial charge in [-0.15, -0.1) is 0 Å². The van der Waals surface area contributed by atoms with Crippen LogP contribution in [-0.2, 0) is 17.8 Å². The predicted octanol–water partition coefficient (Wildman–Crippen LogP) is 2.66. The van der Waals surface area contributed by atoms with Crippen LogP contribution in [0, 0.1) is 0 Å². The molecule has 2 aromatic rings. The fraction of sp³-hybridized carbons (Fsp3) is 0.312. The van der Waals surface area contributed by atoms with E-state index >= 15 is 0 Å². The number of nitrogens with one attached hydrogen (secondary N) is 1. The fourth-order valence-corrected chi connectivity index (χ4v) is 2.22. The second-order valence-corrected chi connectivity index (χ2v) is 4.48. The molecule has 0 amide bonds. The first-order valence-electron chi connectivity index (χ1n) is 6.54. The lowest BCUT2D eigenvalue weighted by molar-refractivity contribution is 0.111. The summed E-state index contributed by atoms with van der Waals surface area (Å²) in [5.41, 5.74) is 5.32. The van der Waals surface area contributed by atoms with Crippen LogP contribution in [-0.4, -0.2) is 25.7 Å². The van der Waals surface area contributed by atoms with Crippen molar-refractivity contribution in [3.63, 3.8) is 0 Å². The van der Waals surface area contributed by atoms with Gasteiger partial charge in [-0.05, 0) is 54.9 Å². The Labute approximate surface area is 114 Å². The van der Waals surface area contributed by atoms with Crippen LogP contribution in [0.1, 0.15) is 11.1 Å². The molecule has 1 aromatic heterocycles. The van der Waals surface area contributed by atoms with Gasteiger partial charge in [-0.3, -0.25) is 4.98 Å². The van der Waals surface area contributed by atoms with Gasteiger partial charge in [0, 0.05) is 12.4 Å². The molecule has 1 aromatic carbocycles. The summed E-state index contributed by atoms with van der Waals surface area (Å²) >= 11 is 0. The second-order valence-electron chi connectivity index (χ2n) is 4.48. The zero-order chi connectivity index (χ0) is 13.5. The summed E-state index contributed by atoms with van der Waals surface area (Å²) in [4.78, 5) is 4.06. The van der Waals surface area contributed by atoms with Crippen molar-refractivity contribution in [3.05, 3.63) is 53.9 Å². The zero-order valence-corrected chi connectivity index (χ0v) is 11.5. The van der Waals surface area contributed by atoms with Crippen LogP contribution in [0.4, 0.5) is 0 Å². The minimum absolute atomic E-state index is 0.744. The molecular formula is C16H20N2O. The van der Waals surface area contributed by atoms with E-state index in [4.69, 9.17) is 4.74 Å². The van der Waals surface area contributed by atoms with Gasteiger partial charge in [0.05, 0.1) is 13.2 Å². The van der Waals surface area contributed by atoms with E-state index in [-0.39, 0.29) is 0 Å². The molecule has 0 aliphatic carbocycles. The van der Waals surface area contributed by atoms with Gasteiger partial charge in [0.1, 0.15) is 0 Å². The third-order valence-electron chi connectivity index (χ3n) is 3.02. The van der Waals surface area contributed by atoms with Crippen LogP contribution >= 0.6 is 0 Å². The molecule has 0 atom stereocenters. The maximum atomic E-state index is 5.47. The molecule has 1 aliphatic heterocycles. The molecule has 0 saturated heterocycles. The van der Waals surface area contributed by atoms with E-state index in [1.807, 2.05) is 26.5 Å². The van der Waals surface area contributed by atoms with Crippen molar-refractivity contribution < 1.29 is 4.74 Å². The molecular weight excluding hydrogens is 236 g/mol. The standard InChI is InChI=1S/C14H13NO.C2H7N/c1-2-12-10-16-9-6-14(12)13(3-1)11-4-7-15-8-5-11;1-3-2/h1-5,7-8H,6,9-10H2;3H,1-2H3. The number of benzene rings is 1. The SMILES string of the molecule is CNC.c1cc2c(c(-c3ccncc3)c1)CCOC2. The topological polar surface area (TPSA) is 34.2 Å². The minimum atomic E-state index is 0.744. The fourth-order valence-electron chi connectivity index (χ4n) is 2.22. The van der Waals surface area contributed by atoms with Crippen molar-refractivity contribution in [3.8, 4) is 11.1 Å². The zero-order valence-electron chi connectivity index (χ0n) is 11.5. The molecule has 0 saturated carbocycles. The average molecular weight is 256 g/mol. The van der Waals surface area contributed by atoms with Crippen LogP contribution in [0.5, 0.6) is 0 Å². The Hall–Kier alpha value is -1.71. The Morgan fingerprint density at radius 3 is 2.58 bits per heavy atom. The molecule has 0 unspecified atom stereocenters. The quantitative estimate of drug-likeness (QED) is 0.851. The van der Waals surface area contributed by atoms with Gasteiger partial charge in [-0.1, -0.05) is 18.2 Å². The summed E-state index contributed by atoms with van der Waals surface area (Å²) in [5.74, 6) is 0. The summed E-state index contributed by atoms with van der Waals surface area (Å²) < 4.78 is 5.47. The average Bonchev–Trinajstić information content (AvgIpc) is 2.48. The first-order chi connectivity index (χ1) is 9.36. The van der Waals surface area contributed by atoms with Crippen molar-refractivity contribution in [2.75, 3.05) is 20.7 Å². The van der Waals surface area contributed by atoms with Gasteiger partial charge in [0.15, 0.2) is 0 Å². The number of fused-ring (bicyclic) bond motifs is 1. The van der Waals surface area contributed by atoms with E-state index in [2.05, 4.69) is 40.6 Å². The molecule has 0 radical (unpaired) electrons. The summed E-state index contributed by atoms with van der Waals surface area (Å²) in [6.45, 7) is 1.57. The van der Waals surface area contributed by atoms with Gasteiger partial charge in [0.2, 0.25) is 0 Å². The van der Waals surface area contributed by atoms with Gasteiger partial charge < -0.3 is 10.1 Å². The number of ether oxygens (including phenoxy) is 1. The van der Waals surface area contributed by atoms with E-state index in [1.54, 1.807) is 0 Å². The normalized spacial score (nSPS) is 13.2. The van der Waals surface area contributed by atoms with Crippen molar-refractivity contribution in [2.45, 2.75) is 13.0 Å². The van der Waals surface area contributed by atoms with E-state index in [9.17, 15) is 0 Å². The second kappa shape index (κ2) is 7.02. The number of hydrogen-bond acceptors (Lipinski definition) is 3. The molecule has 0 fully saturated rings. The number of nitrogens with zero attached hydrogens (tertiary/aromatic N) is 1. The first kappa shape index (κ1) is 13.7. The maximum Gasteiger partial charge on any atom is 0.0719 e. The summed E-state index contributed by atoms with van der Waals surface area (Å²) in [6.07, 6.45) is 4.69. The van der Waals surface area contributed by atoms with E-state index in [1.165, 1.54) is 22.3 Å². The largest absolute Gasteiger partial charge is 0.376 e. The lowest BCUT2D eigenvalue weighted by atomic mass is 9.93. The third-order valence-corrected chi connectivity index (χ3v) is 3.02. The first-order valence-corrected chi connectivity index (χ1v) is 6.54. The van der Waals surface area contributed by atoms with Crippen LogP contribution < -0.4 is 5.32 Å².